The number of nitrogens with one attached hydrogen (secondary N) is 1. The summed E-state index contributed by atoms with van der Waals surface area (Å²) in [6.07, 6.45) is 11.6. The van der Waals surface area contributed by atoms with E-state index < -0.39 is 0 Å². The maximum atomic E-state index is 11.8. The van der Waals surface area contributed by atoms with Crippen molar-refractivity contribution >= 4 is 5.91 Å². The van der Waals surface area contributed by atoms with Gasteiger partial charge < -0.3 is 0 Å². The summed E-state index contributed by atoms with van der Waals surface area (Å²) in [5.74, 6) is 2.91. The van der Waals surface area contributed by atoms with Crippen molar-refractivity contribution in [1.29, 1.82) is 0 Å². The Bertz CT molecular complexity index is 418. The largest absolute Gasteiger partial charge is 0.285 e. The van der Waals surface area contributed by atoms with E-state index in [1.807, 2.05) is 5.01 Å². The fourth-order valence-electron chi connectivity index (χ4n) is 1.78. The molecule has 1 saturated heterocycles. The number of piperidine rings is 1. The van der Waals surface area contributed by atoms with Gasteiger partial charge in [0.1, 0.15) is 6.33 Å². The van der Waals surface area contributed by atoms with Gasteiger partial charge in [-0.05, 0) is 12.8 Å². The molecule has 0 bridgehead atoms. The van der Waals surface area contributed by atoms with Crippen LogP contribution in [-0.2, 0) is 0 Å². The molecule has 5 nitrogen and oxygen atoms in total. The number of aromatic nitrogens is 2. The number of terminal acetylenes is 1. The first kappa shape index (κ1) is 11.6. The fraction of sp³-hybridized carbons (Fsp3) is 0.417. The van der Waals surface area contributed by atoms with Crippen LogP contribution in [0.2, 0.25) is 0 Å². The number of carbonyl (C=O) groups excluding carboxylic acids is 1. The molecule has 0 aromatic carbocycles. The van der Waals surface area contributed by atoms with Crippen molar-refractivity contribution in [3.05, 3.63) is 24.3 Å². The van der Waals surface area contributed by atoms with E-state index in [1.165, 1.54) is 18.7 Å². The molecule has 5 heteroatoms. The normalized spacial score (nSPS) is 17.4. The van der Waals surface area contributed by atoms with Gasteiger partial charge in [0.15, 0.2) is 0 Å². The van der Waals surface area contributed by atoms with Gasteiger partial charge in [0.25, 0.3) is 5.91 Å². The minimum Gasteiger partial charge on any atom is -0.285 e. The van der Waals surface area contributed by atoms with Gasteiger partial charge in [-0.2, -0.15) is 0 Å². The lowest BCUT2D eigenvalue weighted by Crippen LogP contribution is -2.46. The maximum Gasteiger partial charge on any atom is 0.268 e. The van der Waals surface area contributed by atoms with Crippen molar-refractivity contribution in [3.63, 3.8) is 0 Å². The number of hydrazine groups is 1. The van der Waals surface area contributed by atoms with E-state index in [9.17, 15) is 4.79 Å². The smallest absolute Gasteiger partial charge is 0.268 e. The summed E-state index contributed by atoms with van der Waals surface area (Å²) in [5, 5.41) is 1.89. The van der Waals surface area contributed by atoms with Gasteiger partial charge in [-0.15, -0.1) is 12.3 Å². The summed E-state index contributed by atoms with van der Waals surface area (Å²) in [7, 11) is 0. The van der Waals surface area contributed by atoms with E-state index in [0.29, 0.717) is 11.5 Å². The van der Waals surface area contributed by atoms with Crippen molar-refractivity contribution < 1.29 is 4.79 Å². The average Bonchev–Trinajstić information content (AvgIpc) is 2.40. The van der Waals surface area contributed by atoms with Crippen LogP contribution in [0.25, 0.3) is 0 Å². The fourth-order valence-corrected chi connectivity index (χ4v) is 1.78. The quantitative estimate of drug-likeness (QED) is 0.750. The molecule has 2 heterocycles. The van der Waals surface area contributed by atoms with E-state index in [1.54, 1.807) is 0 Å². The number of hydrogen-bond acceptors (Lipinski definition) is 4. The van der Waals surface area contributed by atoms with Crippen LogP contribution in [0.1, 0.15) is 23.2 Å². The molecule has 0 spiro atoms. The first-order valence-electron chi connectivity index (χ1n) is 5.56. The van der Waals surface area contributed by atoms with Crippen molar-refractivity contribution in [3.8, 4) is 12.3 Å². The Kier molecular flexibility index (Phi) is 3.68. The molecular formula is C12H14N4O. The number of amides is 1. The summed E-state index contributed by atoms with van der Waals surface area (Å²) >= 11 is 0. The SMILES string of the molecule is C#CC1CCN(NC(=O)c2cncnc2)CC1. The molecule has 0 radical (unpaired) electrons. The van der Waals surface area contributed by atoms with Gasteiger partial charge in [0, 0.05) is 31.4 Å². The molecule has 1 N–H and O–H groups in total. The lowest BCUT2D eigenvalue weighted by Gasteiger charge is -2.29. The van der Waals surface area contributed by atoms with Gasteiger partial charge in [-0.3, -0.25) is 10.2 Å². The van der Waals surface area contributed by atoms with Crippen LogP contribution in [0.5, 0.6) is 0 Å². The van der Waals surface area contributed by atoms with E-state index in [2.05, 4.69) is 21.3 Å². The molecule has 88 valence electrons. The Hall–Kier alpha value is -1.93. The first-order valence-corrected chi connectivity index (χ1v) is 5.56. The summed E-state index contributed by atoms with van der Waals surface area (Å²) in [4.78, 5) is 19.4. The Morgan fingerprint density at radius 2 is 2.06 bits per heavy atom. The molecule has 1 aliphatic rings. The van der Waals surface area contributed by atoms with Crippen molar-refractivity contribution in [2.75, 3.05) is 13.1 Å². The van der Waals surface area contributed by atoms with Crippen LogP contribution >= 0.6 is 0 Å². The molecule has 0 unspecified atom stereocenters. The summed E-state index contributed by atoms with van der Waals surface area (Å²) in [6.45, 7) is 1.57. The van der Waals surface area contributed by atoms with Crippen LogP contribution in [0.3, 0.4) is 0 Å². The molecule has 1 aromatic rings. The molecule has 1 amide bonds. The maximum absolute atomic E-state index is 11.8. The third kappa shape index (κ3) is 3.02. The molecule has 2 rings (SSSR count). The van der Waals surface area contributed by atoms with E-state index in [-0.39, 0.29) is 5.91 Å². The second kappa shape index (κ2) is 5.41. The van der Waals surface area contributed by atoms with Crippen LogP contribution in [0, 0.1) is 18.3 Å². The second-order valence-electron chi connectivity index (χ2n) is 4.00. The monoisotopic (exact) mass is 230 g/mol. The molecule has 1 aliphatic heterocycles. The van der Waals surface area contributed by atoms with E-state index in [0.717, 1.165) is 25.9 Å². The Morgan fingerprint density at radius 1 is 1.41 bits per heavy atom. The Balaban J connectivity index is 1.87. The summed E-state index contributed by atoms with van der Waals surface area (Å²) in [5.41, 5.74) is 3.29. The average molecular weight is 230 g/mol. The molecule has 0 aliphatic carbocycles. The predicted octanol–water partition coefficient (Wildman–Crippen LogP) is 0.467. The van der Waals surface area contributed by atoms with Crippen molar-refractivity contribution in [1.82, 2.24) is 20.4 Å². The highest BCUT2D eigenvalue weighted by Gasteiger charge is 2.19. The van der Waals surface area contributed by atoms with Crippen molar-refractivity contribution in [2.24, 2.45) is 5.92 Å². The highest BCUT2D eigenvalue weighted by atomic mass is 16.2. The Morgan fingerprint density at radius 3 is 2.65 bits per heavy atom. The molecule has 17 heavy (non-hydrogen) atoms. The van der Waals surface area contributed by atoms with Crippen LogP contribution in [0.15, 0.2) is 18.7 Å². The highest BCUT2D eigenvalue weighted by molar-refractivity contribution is 5.93. The number of rotatable bonds is 2. The lowest BCUT2D eigenvalue weighted by molar-refractivity contribution is 0.0727. The molecule has 0 atom stereocenters. The third-order valence-corrected chi connectivity index (χ3v) is 2.81. The topological polar surface area (TPSA) is 58.1 Å². The van der Waals surface area contributed by atoms with E-state index in [4.69, 9.17) is 6.42 Å². The zero-order chi connectivity index (χ0) is 12.1. The standard InChI is InChI=1S/C12H14N4O/c1-2-10-3-5-16(6-4-10)15-12(17)11-7-13-9-14-8-11/h1,7-10H,3-6H2,(H,15,17). The third-order valence-electron chi connectivity index (χ3n) is 2.81. The summed E-state index contributed by atoms with van der Waals surface area (Å²) < 4.78 is 0. The minimum atomic E-state index is -0.176. The highest BCUT2D eigenvalue weighted by Crippen LogP contribution is 2.14. The number of carbonyl (C=O) groups is 1. The minimum absolute atomic E-state index is 0.176. The molecule has 1 fully saturated rings. The zero-order valence-corrected chi connectivity index (χ0v) is 9.47. The molecular weight excluding hydrogens is 216 g/mol. The van der Waals surface area contributed by atoms with Gasteiger partial charge >= 0.3 is 0 Å². The Labute approximate surface area is 100 Å². The van der Waals surface area contributed by atoms with E-state index >= 15 is 0 Å². The molecule has 1 aromatic heterocycles. The van der Waals surface area contributed by atoms with Gasteiger partial charge in [0.05, 0.1) is 5.56 Å². The number of hydrogen-bond donors (Lipinski definition) is 1. The van der Waals surface area contributed by atoms with Crippen LogP contribution < -0.4 is 5.43 Å². The predicted molar refractivity (Wildman–Crippen MR) is 62.6 cm³/mol. The van der Waals surface area contributed by atoms with Crippen LogP contribution in [-0.4, -0.2) is 34.0 Å². The zero-order valence-electron chi connectivity index (χ0n) is 9.47. The van der Waals surface area contributed by atoms with Crippen LogP contribution in [0.4, 0.5) is 0 Å². The van der Waals surface area contributed by atoms with Crippen molar-refractivity contribution in [2.45, 2.75) is 12.8 Å². The lowest BCUT2D eigenvalue weighted by atomic mass is 9.99. The molecule has 0 saturated carbocycles. The first-order chi connectivity index (χ1) is 8.29. The van der Waals surface area contributed by atoms with Gasteiger partial charge in [-0.25, -0.2) is 15.0 Å². The van der Waals surface area contributed by atoms with Gasteiger partial charge in [0.2, 0.25) is 0 Å². The van der Waals surface area contributed by atoms with Gasteiger partial charge in [-0.1, -0.05) is 0 Å². The number of nitrogens with zero attached hydrogens (tertiary/aromatic N) is 3. The second-order valence-corrected chi connectivity index (χ2v) is 4.00. The summed E-state index contributed by atoms with van der Waals surface area (Å²) in [6, 6.07) is 0.